The highest BCUT2D eigenvalue weighted by atomic mass is 19.1. The van der Waals surface area contributed by atoms with Gasteiger partial charge < -0.3 is 20.1 Å². The molecular weight excluding hydrogens is 310 g/mol. The van der Waals surface area contributed by atoms with Gasteiger partial charge in [0.1, 0.15) is 0 Å². The average molecular weight is 330 g/mol. The molecule has 1 atom stereocenters. The lowest BCUT2D eigenvalue weighted by Crippen LogP contribution is -2.36. The number of nitrogens with zero attached hydrogens (tertiary/aromatic N) is 1. The number of carboxylic acids is 1. The molecule has 0 heterocycles. The lowest BCUT2D eigenvalue weighted by atomic mass is 10.2. The van der Waals surface area contributed by atoms with Crippen LogP contribution in [0.1, 0.15) is 20.8 Å². The van der Waals surface area contributed by atoms with Crippen LogP contribution in [-0.2, 0) is 4.79 Å². The molecule has 0 aromatic heterocycles. The van der Waals surface area contributed by atoms with Gasteiger partial charge in [0, 0.05) is 31.4 Å². The van der Waals surface area contributed by atoms with Crippen molar-refractivity contribution in [3.63, 3.8) is 0 Å². The summed E-state index contributed by atoms with van der Waals surface area (Å²) in [5, 5.41) is 11.1. The van der Waals surface area contributed by atoms with E-state index < -0.39 is 41.4 Å². The molecule has 128 valence electrons. The molecule has 0 radical (unpaired) electrons. The van der Waals surface area contributed by atoms with Crippen LogP contribution in [-0.4, -0.2) is 41.7 Å². The van der Waals surface area contributed by atoms with Gasteiger partial charge in [0.05, 0.1) is 12.0 Å². The van der Waals surface area contributed by atoms with Crippen molar-refractivity contribution in [1.82, 2.24) is 4.90 Å². The summed E-state index contributed by atoms with van der Waals surface area (Å²) in [5.41, 5.74) is -0.0871. The predicted molar refractivity (Wildman–Crippen MR) is 80.6 cm³/mol. The zero-order chi connectivity index (χ0) is 17.7. The van der Waals surface area contributed by atoms with E-state index in [0.29, 0.717) is 0 Å². The maximum absolute atomic E-state index is 13.8. The van der Waals surface area contributed by atoms with Crippen molar-refractivity contribution in [2.24, 2.45) is 5.92 Å². The lowest BCUT2D eigenvalue weighted by molar-refractivity contribution is -0.141. The van der Waals surface area contributed by atoms with E-state index in [1.807, 2.05) is 0 Å². The monoisotopic (exact) mass is 330 g/mol. The minimum atomic E-state index is -1.04. The molecule has 0 saturated heterocycles. The highest BCUT2D eigenvalue weighted by molar-refractivity contribution is 5.89. The molecule has 1 aromatic carbocycles. The Balaban J connectivity index is 2.81. The Bertz CT molecular complexity index is 570. The first-order valence-electron chi connectivity index (χ1n) is 7.02. The zero-order valence-corrected chi connectivity index (χ0v) is 13.4. The molecule has 2 N–H and O–H groups in total. The first-order chi connectivity index (χ1) is 10.6. The number of amides is 2. The van der Waals surface area contributed by atoms with Crippen molar-refractivity contribution in [1.29, 1.82) is 0 Å². The topological polar surface area (TPSA) is 78.9 Å². The Morgan fingerprint density at radius 3 is 2.22 bits per heavy atom. The number of carbonyl (C=O) groups excluding carboxylic acids is 1. The molecular formula is C15H20F2N2O4. The average Bonchev–Trinajstić information content (AvgIpc) is 2.42. The SMILES string of the molecule is CC(C)Oc1c(F)cc(NC(=O)N(C)CC(C)C(=O)O)cc1F. The number of carboxylic acid groups (broad SMARTS) is 1. The fourth-order valence-electron chi connectivity index (χ4n) is 1.77. The van der Waals surface area contributed by atoms with Gasteiger partial charge in [-0.25, -0.2) is 13.6 Å². The van der Waals surface area contributed by atoms with Gasteiger partial charge in [0.2, 0.25) is 0 Å². The minimum Gasteiger partial charge on any atom is -0.485 e. The number of carbonyl (C=O) groups is 2. The van der Waals surface area contributed by atoms with E-state index in [1.54, 1.807) is 13.8 Å². The number of nitrogens with one attached hydrogen (secondary N) is 1. The fraction of sp³-hybridized carbons (Fsp3) is 0.467. The number of anilines is 1. The summed E-state index contributed by atoms with van der Waals surface area (Å²) >= 11 is 0. The summed E-state index contributed by atoms with van der Waals surface area (Å²) in [4.78, 5) is 23.8. The van der Waals surface area contributed by atoms with Crippen LogP contribution in [0.4, 0.5) is 19.3 Å². The predicted octanol–water partition coefficient (Wildman–Crippen LogP) is 2.94. The van der Waals surface area contributed by atoms with Gasteiger partial charge in [0.25, 0.3) is 0 Å². The zero-order valence-electron chi connectivity index (χ0n) is 13.4. The van der Waals surface area contributed by atoms with Gasteiger partial charge in [-0.1, -0.05) is 6.92 Å². The summed E-state index contributed by atoms with van der Waals surface area (Å²) in [5.74, 6) is -4.19. The third kappa shape index (κ3) is 5.39. The highest BCUT2D eigenvalue weighted by Crippen LogP contribution is 2.26. The van der Waals surface area contributed by atoms with Crippen molar-refractivity contribution < 1.29 is 28.2 Å². The molecule has 0 spiro atoms. The number of hydrogen-bond acceptors (Lipinski definition) is 3. The van der Waals surface area contributed by atoms with Crippen LogP contribution in [0, 0.1) is 17.6 Å². The van der Waals surface area contributed by atoms with Crippen LogP contribution < -0.4 is 10.1 Å². The maximum Gasteiger partial charge on any atom is 0.321 e. The normalized spacial score (nSPS) is 12.0. The Morgan fingerprint density at radius 2 is 1.78 bits per heavy atom. The fourth-order valence-corrected chi connectivity index (χ4v) is 1.77. The molecule has 1 unspecified atom stereocenters. The van der Waals surface area contributed by atoms with Crippen molar-refractivity contribution in [2.75, 3.05) is 18.9 Å². The Kier molecular flexibility index (Phi) is 6.29. The number of halogens is 2. The van der Waals surface area contributed by atoms with Gasteiger partial charge in [-0.05, 0) is 13.8 Å². The first-order valence-corrected chi connectivity index (χ1v) is 7.02. The van der Waals surface area contributed by atoms with Crippen LogP contribution >= 0.6 is 0 Å². The van der Waals surface area contributed by atoms with Crippen LogP contribution in [0.2, 0.25) is 0 Å². The van der Waals surface area contributed by atoms with Crippen LogP contribution in [0.25, 0.3) is 0 Å². The molecule has 0 aliphatic rings. The largest absolute Gasteiger partial charge is 0.485 e. The van der Waals surface area contributed by atoms with E-state index in [0.717, 1.165) is 17.0 Å². The summed E-state index contributed by atoms with van der Waals surface area (Å²) < 4.78 is 32.7. The molecule has 6 nitrogen and oxygen atoms in total. The van der Waals surface area contributed by atoms with Crippen molar-refractivity contribution in [3.05, 3.63) is 23.8 Å². The standard InChI is InChI=1S/C15H20F2N2O4/c1-8(2)23-13-11(16)5-10(6-12(13)17)18-15(22)19(4)7-9(3)14(20)21/h5-6,8-9H,7H2,1-4H3,(H,18,22)(H,20,21). The van der Waals surface area contributed by atoms with Crippen LogP contribution in [0.15, 0.2) is 12.1 Å². The second-order valence-electron chi connectivity index (χ2n) is 5.49. The number of rotatable bonds is 6. The van der Waals surface area contributed by atoms with E-state index in [2.05, 4.69) is 5.32 Å². The number of ether oxygens (including phenoxy) is 1. The van der Waals surface area contributed by atoms with Gasteiger partial charge in [0.15, 0.2) is 17.4 Å². The Labute approximate surface area is 133 Å². The van der Waals surface area contributed by atoms with Gasteiger partial charge in [-0.3, -0.25) is 4.79 Å². The van der Waals surface area contributed by atoms with E-state index in [-0.39, 0.29) is 12.2 Å². The molecule has 0 fully saturated rings. The quantitative estimate of drug-likeness (QED) is 0.840. The summed E-state index contributed by atoms with van der Waals surface area (Å²) in [6, 6.07) is 1.20. The van der Waals surface area contributed by atoms with E-state index in [9.17, 15) is 18.4 Å². The van der Waals surface area contributed by atoms with Crippen molar-refractivity contribution in [3.8, 4) is 5.75 Å². The Hall–Kier alpha value is -2.38. The lowest BCUT2D eigenvalue weighted by Gasteiger charge is -2.20. The van der Waals surface area contributed by atoms with E-state index in [1.165, 1.54) is 14.0 Å². The van der Waals surface area contributed by atoms with Gasteiger partial charge >= 0.3 is 12.0 Å². The molecule has 0 aliphatic heterocycles. The van der Waals surface area contributed by atoms with Crippen molar-refractivity contribution >= 4 is 17.7 Å². The minimum absolute atomic E-state index is 0.0410. The molecule has 0 bridgehead atoms. The summed E-state index contributed by atoms with van der Waals surface area (Å²) in [7, 11) is 1.39. The second-order valence-corrected chi connectivity index (χ2v) is 5.49. The highest BCUT2D eigenvalue weighted by Gasteiger charge is 2.19. The summed E-state index contributed by atoms with van der Waals surface area (Å²) in [6.07, 6.45) is -0.400. The molecule has 1 aromatic rings. The molecule has 2 amide bonds. The smallest absolute Gasteiger partial charge is 0.321 e. The maximum atomic E-state index is 13.8. The number of aliphatic carboxylic acids is 1. The van der Waals surface area contributed by atoms with E-state index in [4.69, 9.17) is 9.84 Å². The number of urea groups is 1. The van der Waals surface area contributed by atoms with Crippen LogP contribution in [0.3, 0.4) is 0 Å². The number of hydrogen-bond donors (Lipinski definition) is 2. The molecule has 8 heteroatoms. The molecule has 0 saturated carbocycles. The molecule has 1 rings (SSSR count). The summed E-state index contributed by atoms with van der Waals surface area (Å²) in [6.45, 7) is 4.67. The molecule has 0 aliphatic carbocycles. The van der Waals surface area contributed by atoms with Gasteiger partial charge in [-0.2, -0.15) is 0 Å². The van der Waals surface area contributed by atoms with E-state index >= 15 is 0 Å². The van der Waals surface area contributed by atoms with Crippen molar-refractivity contribution in [2.45, 2.75) is 26.9 Å². The first kappa shape index (κ1) is 18.7. The third-order valence-corrected chi connectivity index (χ3v) is 2.92. The second kappa shape index (κ2) is 7.75. The van der Waals surface area contributed by atoms with Gasteiger partial charge in [-0.15, -0.1) is 0 Å². The number of benzene rings is 1. The van der Waals surface area contributed by atoms with Crippen LogP contribution in [0.5, 0.6) is 5.75 Å². The Morgan fingerprint density at radius 1 is 1.26 bits per heavy atom. The third-order valence-electron chi connectivity index (χ3n) is 2.92. The molecule has 23 heavy (non-hydrogen) atoms.